The van der Waals surface area contributed by atoms with E-state index in [1.54, 1.807) is 25.1 Å². The average molecular weight is 264 g/mol. The van der Waals surface area contributed by atoms with Gasteiger partial charge in [-0.25, -0.2) is 9.07 Å². The summed E-state index contributed by atoms with van der Waals surface area (Å²) in [6, 6.07) is 6.35. The number of aromatic nitrogens is 4. The van der Waals surface area contributed by atoms with Crippen molar-refractivity contribution in [2.45, 2.75) is 19.9 Å². The van der Waals surface area contributed by atoms with E-state index in [1.165, 1.54) is 10.7 Å². The third kappa shape index (κ3) is 3.12. The normalized spacial score (nSPS) is 12.3. The van der Waals surface area contributed by atoms with Crippen LogP contribution >= 0.6 is 0 Å². The molecule has 0 amide bonds. The van der Waals surface area contributed by atoms with Crippen molar-refractivity contribution in [2.75, 3.05) is 0 Å². The van der Waals surface area contributed by atoms with Gasteiger partial charge in [-0.15, -0.1) is 5.10 Å². The number of carboxylic acids is 1. The molecule has 1 aromatic heterocycles. The molecule has 6 nitrogen and oxygen atoms in total. The minimum Gasteiger partial charge on any atom is -0.481 e. The van der Waals surface area contributed by atoms with Crippen molar-refractivity contribution in [3.05, 3.63) is 41.5 Å². The van der Waals surface area contributed by atoms with Crippen molar-refractivity contribution in [1.82, 2.24) is 20.2 Å². The monoisotopic (exact) mass is 264 g/mol. The van der Waals surface area contributed by atoms with Crippen LogP contribution in [0.3, 0.4) is 0 Å². The number of hydrogen-bond acceptors (Lipinski definition) is 4. The molecule has 0 bridgehead atoms. The fourth-order valence-electron chi connectivity index (χ4n) is 1.64. The van der Waals surface area contributed by atoms with E-state index >= 15 is 0 Å². The van der Waals surface area contributed by atoms with Gasteiger partial charge in [-0.1, -0.05) is 25.1 Å². The molecule has 2 aromatic rings. The molecule has 1 N–H and O–H groups in total. The molecule has 0 saturated heterocycles. The summed E-state index contributed by atoms with van der Waals surface area (Å²) >= 11 is 0. The van der Waals surface area contributed by atoms with E-state index in [0.29, 0.717) is 11.4 Å². The van der Waals surface area contributed by atoms with Crippen molar-refractivity contribution >= 4 is 5.97 Å². The summed E-state index contributed by atoms with van der Waals surface area (Å²) in [6.45, 7) is 1.73. The van der Waals surface area contributed by atoms with Crippen LogP contribution in [0.25, 0.3) is 0 Å². The molecule has 1 aromatic carbocycles. The predicted molar refractivity (Wildman–Crippen MR) is 63.8 cm³/mol. The first-order valence-electron chi connectivity index (χ1n) is 5.79. The van der Waals surface area contributed by atoms with Gasteiger partial charge in [0.25, 0.3) is 0 Å². The van der Waals surface area contributed by atoms with Gasteiger partial charge in [0.2, 0.25) is 0 Å². The zero-order chi connectivity index (χ0) is 13.8. The van der Waals surface area contributed by atoms with Crippen LogP contribution in [0.15, 0.2) is 24.3 Å². The third-order valence-corrected chi connectivity index (χ3v) is 2.78. The molecule has 0 fully saturated rings. The number of tetrazole rings is 1. The highest BCUT2D eigenvalue weighted by atomic mass is 19.1. The van der Waals surface area contributed by atoms with Gasteiger partial charge in [0.15, 0.2) is 5.82 Å². The Hall–Kier alpha value is -2.31. The minimum atomic E-state index is -0.924. The first kappa shape index (κ1) is 13.1. The standard InChI is InChI=1S/C12H13FN4O2/c1-8(12(18)19)7-17-11(14-15-16-17)6-9-4-2-3-5-10(9)13/h2-5,8H,6-7H2,1H3,(H,18,19). The number of hydrogen-bond donors (Lipinski definition) is 1. The molecule has 0 spiro atoms. The molecule has 7 heteroatoms. The van der Waals surface area contributed by atoms with Crippen LogP contribution in [0, 0.1) is 11.7 Å². The maximum Gasteiger partial charge on any atom is 0.308 e. The van der Waals surface area contributed by atoms with E-state index in [0.717, 1.165) is 0 Å². The second-order valence-electron chi connectivity index (χ2n) is 4.28. The predicted octanol–water partition coefficient (Wildman–Crippen LogP) is 1.12. The number of benzene rings is 1. The van der Waals surface area contributed by atoms with Crippen LogP contribution < -0.4 is 0 Å². The highest BCUT2D eigenvalue weighted by molar-refractivity contribution is 5.69. The first-order chi connectivity index (χ1) is 9.08. The highest BCUT2D eigenvalue weighted by Crippen LogP contribution is 2.11. The van der Waals surface area contributed by atoms with Gasteiger partial charge in [0, 0.05) is 6.42 Å². The zero-order valence-corrected chi connectivity index (χ0v) is 10.3. The number of carbonyl (C=O) groups is 1. The molecule has 0 saturated carbocycles. The molecule has 2 rings (SSSR count). The molecular formula is C12H13FN4O2. The average Bonchev–Trinajstić information content (AvgIpc) is 2.79. The number of carboxylic acid groups (broad SMARTS) is 1. The molecule has 100 valence electrons. The molecule has 0 aliphatic rings. The Morgan fingerprint density at radius 3 is 2.89 bits per heavy atom. The second-order valence-corrected chi connectivity index (χ2v) is 4.28. The SMILES string of the molecule is CC(Cn1nnnc1Cc1ccccc1F)C(=O)O. The number of nitrogens with zero attached hydrogens (tertiary/aromatic N) is 4. The minimum absolute atomic E-state index is 0.159. The van der Waals surface area contributed by atoms with Gasteiger partial charge in [-0.3, -0.25) is 4.79 Å². The Morgan fingerprint density at radius 1 is 1.47 bits per heavy atom. The van der Waals surface area contributed by atoms with Crippen LogP contribution in [-0.4, -0.2) is 31.3 Å². The number of rotatable bonds is 5. The van der Waals surface area contributed by atoms with Crippen LogP contribution in [-0.2, 0) is 17.8 Å². The Kier molecular flexibility index (Phi) is 3.84. The van der Waals surface area contributed by atoms with E-state index in [-0.39, 0.29) is 18.8 Å². The molecule has 0 radical (unpaired) electrons. The maximum atomic E-state index is 13.5. The van der Waals surface area contributed by atoms with Crippen molar-refractivity contribution < 1.29 is 14.3 Å². The lowest BCUT2D eigenvalue weighted by Crippen LogP contribution is -2.19. The lowest BCUT2D eigenvalue weighted by molar-refractivity contribution is -0.141. The Balaban J connectivity index is 2.16. The molecule has 1 heterocycles. The lowest BCUT2D eigenvalue weighted by Gasteiger charge is -2.08. The summed E-state index contributed by atoms with van der Waals surface area (Å²) in [6.07, 6.45) is 0.228. The van der Waals surface area contributed by atoms with E-state index in [4.69, 9.17) is 5.11 Å². The Morgan fingerprint density at radius 2 is 2.21 bits per heavy atom. The number of aliphatic carboxylic acids is 1. The Bertz CT molecular complexity index is 585. The third-order valence-electron chi connectivity index (χ3n) is 2.78. The fraction of sp³-hybridized carbons (Fsp3) is 0.333. The van der Waals surface area contributed by atoms with Crippen LogP contribution in [0.4, 0.5) is 4.39 Å². The lowest BCUT2D eigenvalue weighted by atomic mass is 10.1. The summed E-state index contributed by atoms with van der Waals surface area (Å²) < 4.78 is 14.9. The van der Waals surface area contributed by atoms with Gasteiger partial charge >= 0.3 is 5.97 Å². The van der Waals surface area contributed by atoms with E-state index in [9.17, 15) is 9.18 Å². The Labute approximate surface area is 108 Å². The molecule has 0 aliphatic carbocycles. The summed E-state index contributed by atoms with van der Waals surface area (Å²) in [7, 11) is 0. The van der Waals surface area contributed by atoms with Crippen molar-refractivity contribution in [2.24, 2.45) is 5.92 Å². The summed E-state index contributed by atoms with van der Waals surface area (Å²) in [5, 5.41) is 19.9. The van der Waals surface area contributed by atoms with E-state index < -0.39 is 11.9 Å². The zero-order valence-electron chi connectivity index (χ0n) is 10.3. The number of halogens is 1. The molecule has 0 aliphatic heterocycles. The highest BCUT2D eigenvalue weighted by Gasteiger charge is 2.16. The molecule has 1 atom stereocenters. The van der Waals surface area contributed by atoms with Gasteiger partial charge in [0.1, 0.15) is 5.82 Å². The van der Waals surface area contributed by atoms with E-state index in [1.807, 2.05) is 0 Å². The molecule has 1 unspecified atom stereocenters. The summed E-state index contributed by atoms with van der Waals surface area (Å²) in [5.41, 5.74) is 0.474. The van der Waals surface area contributed by atoms with Gasteiger partial charge in [-0.2, -0.15) is 0 Å². The van der Waals surface area contributed by atoms with Crippen molar-refractivity contribution in [1.29, 1.82) is 0 Å². The molecule has 19 heavy (non-hydrogen) atoms. The topological polar surface area (TPSA) is 80.9 Å². The van der Waals surface area contributed by atoms with Crippen LogP contribution in [0.1, 0.15) is 18.3 Å². The van der Waals surface area contributed by atoms with Crippen LogP contribution in [0.2, 0.25) is 0 Å². The summed E-state index contributed by atoms with van der Waals surface area (Å²) in [5.74, 6) is -1.42. The van der Waals surface area contributed by atoms with E-state index in [2.05, 4.69) is 15.5 Å². The van der Waals surface area contributed by atoms with Gasteiger partial charge < -0.3 is 5.11 Å². The van der Waals surface area contributed by atoms with Crippen molar-refractivity contribution in [3.8, 4) is 0 Å². The smallest absolute Gasteiger partial charge is 0.308 e. The quantitative estimate of drug-likeness (QED) is 0.875. The van der Waals surface area contributed by atoms with Crippen LogP contribution in [0.5, 0.6) is 0 Å². The maximum absolute atomic E-state index is 13.5. The largest absolute Gasteiger partial charge is 0.481 e. The fourth-order valence-corrected chi connectivity index (χ4v) is 1.64. The van der Waals surface area contributed by atoms with Gasteiger partial charge in [-0.05, 0) is 22.1 Å². The van der Waals surface area contributed by atoms with Gasteiger partial charge in [0.05, 0.1) is 12.5 Å². The first-order valence-corrected chi connectivity index (χ1v) is 5.79. The second kappa shape index (κ2) is 5.55. The van der Waals surface area contributed by atoms with Crippen molar-refractivity contribution in [3.63, 3.8) is 0 Å². The molecular weight excluding hydrogens is 251 g/mol. The summed E-state index contributed by atoms with van der Waals surface area (Å²) in [4.78, 5) is 10.8.